The normalized spacial score (nSPS) is 11.3. The molecule has 0 atom stereocenters. The molecule has 0 saturated carbocycles. The van der Waals surface area contributed by atoms with Crippen molar-refractivity contribution >= 4 is 56.9 Å². The molecule has 150 valence electrons. The van der Waals surface area contributed by atoms with Crippen molar-refractivity contribution < 1.29 is 4.79 Å². The van der Waals surface area contributed by atoms with E-state index in [0.29, 0.717) is 25.8 Å². The van der Waals surface area contributed by atoms with Gasteiger partial charge in [-0.15, -0.1) is 11.3 Å². The molecule has 0 aliphatic rings. The Hall–Kier alpha value is -3.00. The molecule has 0 unspecified atom stereocenters. The number of fused-ring (bicyclic) bond motifs is 1. The third-order valence-electron chi connectivity index (χ3n) is 4.25. The average Bonchev–Trinajstić information content (AvgIpc) is 3.18. The number of hydrazone groups is 1. The molecular formula is C21H14Cl2N4O2S. The zero-order valence-corrected chi connectivity index (χ0v) is 17.7. The SMILES string of the molecule is O=C(Cn1cnc2sc(-c3ccccc3)cc2c1=O)N/N=C/c1ccc(Cl)cc1Cl. The van der Waals surface area contributed by atoms with Crippen molar-refractivity contribution in [2.45, 2.75) is 6.54 Å². The van der Waals surface area contributed by atoms with Crippen LogP contribution in [0.4, 0.5) is 0 Å². The maximum absolute atomic E-state index is 12.8. The summed E-state index contributed by atoms with van der Waals surface area (Å²) < 4.78 is 1.25. The van der Waals surface area contributed by atoms with Gasteiger partial charge in [0.25, 0.3) is 11.5 Å². The third-order valence-corrected chi connectivity index (χ3v) is 5.90. The highest BCUT2D eigenvalue weighted by atomic mass is 35.5. The van der Waals surface area contributed by atoms with Crippen LogP contribution in [0.2, 0.25) is 10.0 Å². The summed E-state index contributed by atoms with van der Waals surface area (Å²) in [4.78, 5) is 30.9. The largest absolute Gasteiger partial charge is 0.289 e. The molecule has 0 aliphatic heterocycles. The summed E-state index contributed by atoms with van der Waals surface area (Å²) in [6.07, 6.45) is 2.78. The molecule has 0 fully saturated rings. The number of halogens is 2. The van der Waals surface area contributed by atoms with E-state index in [0.717, 1.165) is 10.4 Å². The van der Waals surface area contributed by atoms with Crippen molar-refractivity contribution in [3.63, 3.8) is 0 Å². The highest BCUT2D eigenvalue weighted by Crippen LogP contribution is 2.30. The monoisotopic (exact) mass is 456 g/mol. The second kappa shape index (κ2) is 8.79. The van der Waals surface area contributed by atoms with Gasteiger partial charge in [0, 0.05) is 15.5 Å². The lowest BCUT2D eigenvalue weighted by Gasteiger charge is -2.04. The number of hydrogen-bond donors (Lipinski definition) is 1. The molecule has 30 heavy (non-hydrogen) atoms. The second-order valence-corrected chi connectivity index (χ2v) is 8.21. The number of carbonyl (C=O) groups excluding carboxylic acids is 1. The molecule has 0 aliphatic carbocycles. The molecule has 0 radical (unpaired) electrons. The van der Waals surface area contributed by atoms with Crippen molar-refractivity contribution in [2.24, 2.45) is 5.10 Å². The first-order valence-corrected chi connectivity index (χ1v) is 10.4. The summed E-state index contributed by atoms with van der Waals surface area (Å²) in [7, 11) is 0. The third kappa shape index (κ3) is 4.43. The molecule has 4 rings (SSSR count). The number of hydrogen-bond acceptors (Lipinski definition) is 5. The molecule has 2 heterocycles. The van der Waals surface area contributed by atoms with E-state index in [9.17, 15) is 9.59 Å². The lowest BCUT2D eigenvalue weighted by Crippen LogP contribution is -2.29. The van der Waals surface area contributed by atoms with Crippen LogP contribution >= 0.6 is 34.5 Å². The van der Waals surface area contributed by atoms with Gasteiger partial charge in [0.1, 0.15) is 11.4 Å². The van der Waals surface area contributed by atoms with E-state index in [1.54, 1.807) is 24.3 Å². The number of nitrogens with zero attached hydrogens (tertiary/aromatic N) is 3. The minimum atomic E-state index is -0.460. The van der Waals surface area contributed by atoms with Gasteiger partial charge in [-0.2, -0.15) is 5.10 Å². The van der Waals surface area contributed by atoms with Crippen LogP contribution in [-0.2, 0) is 11.3 Å². The quantitative estimate of drug-likeness (QED) is 0.352. The fourth-order valence-electron chi connectivity index (χ4n) is 2.79. The van der Waals surface area contributed by atoms with Crippen molar-refractivity contribution in [3.8, 4) is 10.4 Å². The Kier molecular flexibility index (Phi) is 5.94. The van der Waals surface area contributed by atoms with E-state index in [1.807, 2.05) is 30.3 Å². The van der Waals surface area contributed by atoms with E-state index in [2.05, 4.69) is 15.5 Å². The Balaban J connectivity index is 1.49. The molecule has 0 spiro atoms. The summed E-state index contributed by atoms with van der Waals surface area (Å²) in [5.41, 5.74) is 3.72. The summed E-state index contributed by atoms with van der Waals surface area (Å²) >= 11 is 13.3. The molecule has 1 N–H and O–H groups in total. The van der Waals surface area contributed by atoms with Gasteiger partial charge >= 0.3 is 0 Å². The predicted octanol–water partition coefficient (Wildman–Crippen LogP) is 4.58. The molecule has 2 aromatic heterocycles. The first-order valence-electron chi connectivity index (χ1n) is 8.82. The van der Waals surface area contributed by atoms with Gasteiger partial charge in [0.15, 0.2) is 0 Å². The molecule has 2 aromatic carbocycles. The number of amides is 1. The number of benzene rings is 2. The number of rotatable bonds is 5. The molecule has 0 saturated heterocycles. The zero-order chi connectivity index (χ0) is 21.1. The highest BCUT2D eigenvalue weighted by Gasteiger charge is 2.12. The zero-order valence-electron chi connectivity index (χ0n) is 15.4. The van der Waals surface area contributed by atoms with E-state index in [4.69, 9.17) is 23.2 Å². The van der Waals surface area contributed by atoms with E-state index in [1.165, 1.54) is 28.4 Å². The van der Waals surface area contributed by atoms with Crippen LogP contribution in [-0.4, -0.2) is 21.7 Å². The van der Waals surface area contributed by atoms with Crippen LogP contribution in [0.1, 0.15) is 5.56 Å². The van der Waals surface area contributed by atoms with Gasteiger partial charge in [-0.05, 0) is 23.8 Å². The van der Waals surface area contributed by atoms with Crippen molar-refractivity contribution in [3.05, 3.63) is 86.9 Å². The van der Waals surface area contributed by atoms with Gasteiger partial charge in [-0.3, -0.25) is 14.2 Å². The van der Waals surface area contributed by atoms with E-state index >= 15 is 0 Å². The van der Waals surface area contributed by atoms with Gasteiger partial charge in [-0.25, -0.2) is 10.4 Å². The minimum Gasteiger partial charge on any atom is -0.289 e. The fraction of sp³-hybridized carbons (Fsp3) is 0.0476. The molecular weight excluding hydrogens is 443 g/mol. The first kappa shape index (κ1) is 20.3. The number of carbonyl (C=O) groups is 1. The molecule has 0 bridgehead atoms. The Morgan fingerprint density at radius 2 is 1.97 bits per heavy atom. The predicted molar refractivity (Wildman–Crippen MR) is 122 cm³/mol. The molecule has 9 heteroatoms. The summed E-state index contributed by atoms with van der Waals surface area (Å²) in [6, 6.07) is 16.5. The number of nitrogens with one attached hydrogen (secondary N) is 1. The second-order valence-electron chi connectivity index (χ2n) is 6.33. The molecule has 1 amide bonds. The van der Waals surface area contributed by atoms with Gasteiger partial charge in [-0.1, -0.05) is 59.6 Å². The molecule has 6 nitrogen and oxygen atoms in total. The van der Waals surface area contributed by atoms with Gasteiger partial charge in [0.2, 0.25) is 0 Å². The van der Waals surface area contributed by atoms with Crippen LogP contribution < -0.4 is 11.0 Å². The lowest BCUT2D eigenvalue weighted by atomic mass is 10.2. The summed E-state index contributed by atoms with van der Waals surface area (Å²) in [6.45, 7) is -0.204. The standard InChI is InChI=1S/C21H14Cl2N4O2S/c22-15-7-6-14(17(23)8-15)10-25-26-19(28)11-27-12-24-20-16(21(27)29)9-18(30-20)13-4-2-1-3-5-13/h1-10,12H,11H2,(H,26,28)/b25-10+. The molecule has 4 aromatic rings. The maximum Gasteiger partial charge on any atom is 0.262 e. The van der Waals surface area contributed by atoms with E-state index < -0.39 is 5.91 Å². The van der Waals surface area contributed by atoms with Gasteiger partial charge in [0.05, 0.1) is 23.0 Å². The van der Waals surface area contributed by atoms with E-state index in [-0.39, 0.29) is 12.1 Å². The highest BCUT2D eigenvalue weighted by molar-refractivity contribution is 7.21. The summed E-state index contributed by atoms with van der Waals surface area (Å²) in [5.74, 6) is -0.460. The Labute approximate surface area is 185 Å². The topological polar surface area (TPSA) is 76.3 Å². The average molecular weight is 457 g/mol. The van der Waals surface area contributed by atoms with Crippen LogP contribution in [0.15, 0.2) is 70.8 Å². The number of aromatic nitrogens is 2. The van der Waals surface area contributed by atoms with Crippen LogP contribution in [0.25, 0.3) is 20.7 Å². The number of thiophene rings is 1. The van der Waals surface area contributed by atoms with Crippen molar-refractivity contribution in [1.82, 2.24) is 15.0 Å². The Morgan fingerprint density at radius 1 is 1.17 bits per heavy atom. The first-order chi connectivity index (χ1) is 14.5. The van der Waals surface area contributed by atoms with Gasteiger partial charge < -0.3 is 0 Å². The smallest absolute Gasteiger partial charge is 0.262 e. The summed E-state index contributed by atoms with van der Waals surface area (Å²) in [5, 5.41) is 5.28. The van der Waals surface area contributed by atoms with Crippen LogP contribution in [0.3, 0.4) is 0 Å². The Bertz CT molecular complexity index is 1320. The fourth-order valence-corrected chi connectivity index (χ4v) is 4.24. The van der Waals surface area contributed by atoms with Crippen molar-refractivity contribution in [1.29, 1.82) is 0 Å². The van der Waals surface area contributed by atoms with Crippen LogP contribution in [0.5, 0.6) is 0 Å². The lowest BCUT2D eigenvalue weighted by molar-refractivity contribution is -0.121. The minimum absolute atomic E-state index is 0.204. The Morgan fingerprint density at radius 3 is 2.73 bits per heavy atom. The maximum atomic E-state index is 12.8. The van der Waals surface area contributed by atoms with Crippen molar-refractivity contribution in [2.75, 3.05) is 0 Å². The van der Waals surface area contributed by atoms with Crippen LogP contribution in [0, 0.1) is 0 Å².